The van der Waals surface area contributed by atoms with Crippen LogP contribution in [0.25, 0.3) is 0 Å². The summed E-state index contributed by atoms with van der Waals surface area (Å²) in [6.45, 7) is 0. The third kappa shape index (κ3) is 2.78. The topological polar surface area (TPSA) is 34.1 Å². The normalized spacial score (nSPS) is 10.2. The molecule has 0 spiro atoms. The van der Waals surface area contributed by atoms with Gasteiger partial charge in [-0.1, -0.05) is 36.1 Å². The highest BCUT2D eigenvalue weighted by Crippen LogP contribution is 2.07. The van der Waals surface area contributed by atoms with Gasteiger partial charge in [0, 0.05) is 5.56 Å². The van der Waals surface area contributed by atoms with E-state index in [1.54, 1.807) is 12.1 Å². The van der Waals surface area contributed by atoms with E-state index in [1.807, 2.05) is 12.1 Å². The smallest absolute Gasteiger partial charge is 0.174 e. The first-order chi connectivity index (χ1) is 6.27. The van der Waals surface area contributed by atoms with Gasteiger partial charge in [-0.15, -0.1) is 0 Å². The van der Waals surface area contributed by atoms with Gasteiger partial charge in [0.2, 0.25) is 0 Å². The third-order valence-corrected chi connectivity index (χ3v) is 2.31. The number of carbonyl (C=O) groups is 1. The maximum atomic E-state index is 11.2. The lowest BCUT2D eigenvalue weighted by atomic mass is 9.96. The Morgan fingerprint density at radius 3 is 2.38 bits per heavy atom. The summed E-state index contributed by atoms with van der Waals surface area (Å²) in [6.07, 6.45) is 1.04. The molecule has 0 atom stereocenters. The van der Waals surface area contributed by atoms with Crippen LogP contribution in [0.5, 0.6) is 0 Å². The van der Waals surface area contributed by atoms with Crippen LogP contribution in [0.4, 0.5) is 0 Å². The van der Waals surface area contributed by atoms with Gasteiger partial charge in [0.25, 0.3) is 0 Å². The fourth-order valence-electron chi connectivity index (χ4n) is 1.08. The van der Waals surface area contributed by atoms with Gasteiger partial charge < -0.3 is 0 Å². The van der Waals surface area contributed by atoms with Gasteiger partial charge in [0.15, 0.2) is 14.2 Å². The van der Waals surface area contributed by atoms with Crippen LogP contribution in [0.3, 0.4) is 0 Å². The second-order valence-electron chi connectivity index (χ2n) is 2.76. The summed E-state index contributed by atoms with van der Waals surface area (Å²) >= 11 is 0. The van der Waals surface area contributed by atoms with E-state index < -0.39 is 0 Å². The highest BCUT2D eigenvalue weighted by Gasteiger charge is 2.04. The van der Waals surface area contributed by atoms with Crippen molar-refractivity contribution in [3.05, 3.63) is 35.4 Å². The quantitative estimate of drug-likeness (QED) is 0.409. The SMILES string of the molecule is BCc1ccc(C(=O)CP=O)cc1. The van der Waals surface area contributed by atoms with E-state index in [0.29, 0.717) is 5.56 Å². The van der Waals surface area contributed by atoms with E-state index in [-0.39, 0.29) is 20.4 Å². The first-order valence-electron chi connectivity index (χ1n) is 4.19. The van der Waals surface area contributed by atoms with Crippen LogP contribution >= 0.6 is 8.46 Å². The predicted octanol–water partition coefficient (Wildman–Crippen LogP) is 1.29. The molecule has 4 heteroatoms. The van der Waals surface area contributed by atoms with Gasteiger partial charge in [-0.05, 0) is 0 Å². The summed E-state index contributed by atoms with van der Waals surface area (Å²) in [5.74, 6) is -0.0701. The molecule has 2 nitrogen and oxygen atoms in total. The minimum Gasteiger partial charge on any atom is -0.293 e. The van der Waals surface area contributed by atoms with E-state index in [0.717, 1.165) is 6.32 Å². The second-order valence-corrected chi connectivity index (χ2v) is 3.34. The molecular formula is C9H10BO2P. The zero-order valence-corrected chi connectivity index (χ0v) is 8.38. The average molecular weight is 192 g/mol. The van der Waals surface area contributed by atoms with Gasteiger partial charge in [-0.3, -0.25) is 9.36 Å². The van der Waals surface area contributed by atoms with Gasteiger partial charge in [0.1, 0.15) is 7.85 Å². The van der Waals surface area contributed by atoms with Crippen molar-refractivity contribution >= 4 is 22.1 Å². The van der Waals surface area contributed by atoms with E-state index in [4.69, 9.17) is 0 Å². The molecule has 0 aliphatic carbocycles. The van der Waals surface area contributed by atoms with Crippen molar-refractivity contribution in [3.63, 3.8) is 0 Å². The molecule has 1 aromatic rings. The maximum absolute atomic E-state index is 11.2. The Morgan fingerprint density at radius 1 is 1.31 bits per heavy atom. The van der Waals surface area contributed by atoms with Crippen molar-refractivity contribution in [2.75, 3.05) is 6.16 Å². The van der Waals surface area contributed by atoms with E-state index in [2.05, 4.69) is 7.85 Å². The van der Waals surface area contributed by atoms with Crippen molar-refractivity contribution in [2.45, 2.75) is 6.32 Å². The number of Topliss-reactive ketones (excluding diaryl/α,β-unsaturated/α-hetero) is 1. The lowest BCUT2D eigenvalue weighted by Gasteiger charge is -1.98. The van der Waals surface area contributed by atoms with Crippen molar-refractivity contribution in [3.8, 4) is 0 Å². The zero-order valence-electron chi connectivity index (χ0n) is 7.49. The highest BCUT2D eigenvalue weighted by molar-refractivity contribution is 7.25. The second kappa shape index (κ2) is 4.93. The molecule has 0 amide bonds. The third-order valence-electron chi connectivity index (χ3n) is 1.89. The molecule has 0 aliphatic heterocycles. The van der Waals surface area contributed by atoms with Gasteiger partial charge in [0.05, 0.1) is 6.16 Å². The van der Waals surface area contributed by atoms with Crippen molar-refractivity contribution in [2.24, 2.45) is 0 Å². The van der Waals surface area contributed by atoms with Crippen molar-refractivity contribution < 1.29 is 9.36 Å². The summed E-state index contributed by atoms with van der Waals surface area (Å²) in [4.78, 5) is 11.2. The van der Waals surface area contributed by atoms with Crippen LogP contribution in [-0.2, 0) is 10.9 Å². The molecule has 1 rings (SSSR count). The molecule has 1 aromatic carbocycles. The Labute approximate surface area is 80.0 Å². The molecule has 0 fully saturated rings. The molecule has 0 N–H and O–H groups in total. The number of carbonyl (C=O) groups excluding carboxylic acids is 1. The Morgan fingerprint density at radius 2 is 1.92 bits per heavy atom. The summed E-state index contributed by atoms with van der Waals surface area (Å²) in [6, 6.07) is 7.42. The van der Waals surface area contributed by atoms with Crippen LogP contribution < -0.4 is 0 Å². The van der Waals surface area contributed by atoms with Crippen molar-refractivity contribution in [1.29, 1.82) is 0 Å². The van der Waals surface area contributed by atoms with E-state index >= 15 is 0 Å². The van der Waals surface area contributed by atoms with Crippen LogP contribution in [0.1, 0.15) is 15.9 Å². The maximum Gasteiger partial charge on any atom is 0.174 e. The Balaban J connectivity index is 2.79. The molecule has 0 radical (unpaired) electrons. The van der Waals surface area contributed by atoms with Crippen LogP contribution in [0, 0.1) is 0 Å². The summed E-state index contributed by atoms with van der Waals surface area (Å²) in [5, 5.41) is 0. The standard InChI is InChI=1S/C9H10BO2P/c10-5-7-1-3-8(4-2-7)9(11)6-13-12/h1-4H,5-6,10H2. The molecule has 66 valence electrons. The molecule has 13 heavy (non-hydrogen) atoms. The number of benzene rings is 1. The van der Waals surface area contributed by atoms with Crippen LogP contribution in [0.15, 0.2) is 24.3 Å². The molecule has 0 aromatic heterocycles. The Bertz CT molecular complexity index is 308. The Hall–Kier alpha value is -0.945. The fourth-order valence-corrected chi connectivity index (χ4v) is 1.38. The van der Waals surface area contributed by atoms with Gasteiger partial charge in [-0.25, -0.2) is 0 Å². The molecule has 0 bridgehead atoms. The number of rotatable bonds is 4. The number of hydrogen-bond acceptors (Lipinski definition) is 2. The van der Waals surface area contributed by atoms with Gasteiger partial charge in [-0.2, -0.15) is 0 Å². The first kappa shape index (κ1) is 10.1. The molecular weight excluding hydrogens is 182 g/mol. The first-order valence-corrected chi connectivity index (χ1v) is 5.19. The van der Waals surface area contributed by atoms with Crippen molar-refractivity contribution in [1.82, 2.24) is 0 Å². The molecule has 0 heterocycles. The number of ketones is 1. The Kier molecular flexibility index (Phi) is 3.85. The van der Waals surface area contributed by atoms with E-state index in [9.17, 15) is 9.36 Å². The molecule has 0 saturated carbocycles. The largest absolute Gasteiger partial charge is 0.293 e. The fraction of sp³-hybridized carbons (Fsp3) is 0.222. The average Bonchev–Trinajstić information content (AvgIpc) is 2.18. The molecule has 0 saturated heterocycles. The minimum absolute atomic E-state index is 0.0701. The number of hydrogen-bond donors (Lipinski definition) is 0. The zero-order chi connectivity index (χ0) is 9.68. The minimum atomic E-state index is -0.112. The highest BCUT2D eigenvalue weighted by atomic mass is 31.1. The lowest BCUT2D eigenvalue weighted by Crippen LogP contribution is -2.00. The van der Waals surface area contributed by atoms with Crippen LogP contribution in [0.2, 0.25) is 0 Å². The van der Waals surface area contributed by atoms with E-state index in [1.165, 1.54) is 5.56 Å². The predicted molar refractivity (Wildman–Crippen MR) is 55.5 cm³/mol. The summed E-state index contributed by atoms with van der Waals surface area (Å²) < 4.78 is 10.2. The monoisotopic (exact) mass is 192 g/mol. The summed E-state index contributed by atoms with van der Waals surface area (Å²) in [7, 11) is 1.95. The van der Waals surface area contributed by atoms with Crippen LogP contribution in [-0.4, -0.2) is 19.8 Å². The molecule has 0 unspecified atom stereocenters. The summed E-state index contributed by atoms with van der Waals surface area (Å²) in [5.41, 5.74) is 1.84. The molecule has 0 aliphatic rings. The van der Waals surface area contributed by atoms with Gasteiger partial charge >= 0.3 is 0 Å². The lowest BCUT2D eigenvalue weighted by molar-refractivity contribution is 0.102.